The lowest BCUT2D eigenvalue weighted by Crippen LogP contribution is -2.54. The van der Waals surface area contributed by atoms with Crippen molar-refractivity contribution >= 4 is 24.2 Å². The lowest BCUT2D eigenvalue weighted by molar-refractivity contribution is -0.138. The molecule has 2 unspecified atom stereocenters. The summed E-state index contributed by atoms with van der Waals surface area (Å²) in [5.74, 6) is 0.0945. The third kappa shape index (κ3) is 4.66. The Bertz CT molecular complexity index is 325. The summed E-state index contributed by atoms with van der Waals surface area (Å²) in [7, 11) is 0. The SMILES string of the molecule is CC1NCCCC1NC(=O)CN1CCCCC1=O.Cl. The highest BCUT2D eigenvalue weighted by Crippen LogP contribution is 2.11. The summed E-state index contributed by atoms with van der Waals surface area (Å²) >= 11 is 0. The Hall–Kier alpha value is -0.810. The van der Waals surface area contributed by atoms with Crippen molar-refractivity contribution in [3.8, 4) is 0 Å². The molecule has 2 atom stereocenters. The largest absolute Gasteiger partial charge is 0.350 e. The number of rotatable bonds is 3. The van der Waals surface area contributed by atoms with Gasteiger partial charge >= 0.3 is 0 Å². The fourth-order valence-corrected chi connectivity index (χ4v) is 2.70. The highest BCUT2D eigenvalue weighted by Gasteiger charge is 2.25. The van der Waals surface area contributed by atoms with Gasteiger partial charge in [-0.05, 0) is 39.2 Å². The first-order chi connectivity index (χ1) is 8.66. The van der Waals surface area contributed by atoms with Gasteiger partial charge in [0.25, 0.3) is 0 Å². The van der Waals surface area contributed by atoms with Crippen LogP contribution in [0.4, 0.5) is 0 Å². The van der Waals surface area contributed by atoms with E-state index in [1.165, 1.54) is 0 Å². The maximum absolute atomic E-state index is 11.9. The Morgan fingerprint density at radius 2 is 2.21 bits per heavy atom. The summed E-state index contributed by atoms with van der Waals surface area (Å²) in [5, 5.41) is 6.40. The zero-order valence-electron chi connectivity index (χ0n) is 11.5. The normalized spacial score (nSPS) is 27.6. The number of carbonyl (C=O) groups excluding carboxylic acids is 2. The second-order valence-electron chi connectivity index (χ2n) is 5.33. The van der Waals surface area contributed by atoms with Gasteiger partial charge in [-0.25, -0.2) is 0 Å². The third-order valence-corrected chi connectivity index (χ3v) is 3.86. The molecule has 6 heteroatoms. The summed E-state index contributed by atoms with van der Waals surface area (Å²) < 4.78 is 0. The van der Waals surface area contributed by atoms with Crippen molar-refractivity contribution in [2.24, 2.45) is 0 Å². The molecule has 0 bridgehead atoms. The van der Waals surface area contributed by atoms with Gasteiger partial charge in [0.15, 0.2) is 0 Å². The molecule has 0 aromatic carbocycles. The number of likely N-dealkylation sites (tertiary alicyclic amines) is 1. The molecule has 0 radical (unpaired) electrons. The molecule has 2 N–H and O–H groups in total. The first-order valence-corrected chi connectivity index (χ1v) is 6.97. The fourth-order valence-electron chi connectivity index (χ4n) is 2.70. The van der Waals surface area contributed by atoms with Crippen LogP contribution in [0.5, 0.6) is 0 Å². The van der Waals surface area contributed by atoms with Crippen LogP contribution >= 0.6 is 12.4 Å². The topological polar surface area (TPSA) is 61.4 Å². The number of nitrogens with zero attached hydrogens (tertiary/aromatic N) is 1. The standard InChI is InChI=1S/C13H23N3O2.ClH/c1-10-11(5-4-7-14-10)15-12(17)9-16-8-3-2-6-13(16)18;/h10-11,14H,2-9H2,1H3,(H,15,17);1H. The molecular weight excluding hydrogens is 266 g/mol. The van der Waals surface area contributed by atoms with E-state index in [1.54, 1.807) is 4.90 Å². The lowest BCUT2D eigenvalue weighted by Gasteiger charge is -2.32. The van der Waals surface area contributed by atoms with Gasteiger partial charge in [0.2, 0.25) is 11.8 Å². The zero-order chi connectivity index (χ0) is 13.0. The summed E-state index contributed by atoms with van der Waals surface area (Å²) in [6.07, 6.45) is 4.68. The average molecular weight is 290 g/mol. The van der Waals surface area contributed by atoms with Crippen molar-refractivity contribution in [3.63, 3.8) is 0 Å². The molecule has 2 aliphatic heterocycles. The number of piperidine rings is 2. The predicted octanol–water partition coefficient (Wildman–Crippen LogP) is 0.677. The van der Waals surface area contributed by atoms with Gasteiger partial charge in [-0.15, -0.1) is 12.4 Å². The van der Waals surface area contributed by atoms with Crippen molar-refractivity contribution in [1.29, 1.82) is 0 Å². The van der Waals surface area contributed by atoms with Crippen molar-refractivity contribution in [3.05, 3.63) is 0 Å². The summed E-state index contributed by atoms with van der Waals surface area (Å²) in [6, 6.07) is 0.519. The fraction of sp³-hybridized carbons (Fsp3) is 0.846. The molecule has 2 heterocycles. The smallest absolute Gasteiger partial charge is 0.239 e. The minimum Gasteiger partial charge on any atom is -0.350 e. The number of carbonyl (C=O) groups is 2. The molecule has 0 aliphatic carbocycles. The van der Waals surface area contributed by atoms with E-state index in [2.05, 4.69) is 17.6 Å². The van der Waals surface area contributed by atoms with Gasteiger partial charge < -0.3 is 15.5 Å². The van der Waals surface area contributed by atoms with E-state index < -0.39 is 0 Å². The van der Waals surface area contributed by atoms with Crippen molar-refractivity contribution in [1.82, 2.24) is 15.5 Å². The first kappa shape index (κ1) is 16.2. The zero-order valence-corrected chi connectivity index (χ0v) is 12.3. The molecular formula is C13H24ClN3O2. The summed E-state index contributed by atoms with van der Waals surface area (Å²) in [4.78, 5) is 25.2. The maximum atomic E-state index is 11.9. The average Bonchev–Trinajstić information content (AvgIpc) is 2.35. The van der Waals surface area contributed by atoms with Gasteiger partial charge in [0, 0.05) is 25.0 Å². The second-order valence-corrected chi connectivity index (χ2v) is 5.33. The third-order valence-electron chi connectivity index (χ3n) is 3.86. The maximum Gasteiger partial charge on any atom is 0.239 e. The summed E-state index contributed by atoms with van der Waals surface area (Å²) in [6.45, 7) is 4.07. The molecule has 2 aliphatic rings. The number of amides is 2. The van der Waals surface area contributed by atoms with Gasteiger partial charge in [0.05, 0.1) is 6.54 Å². The van der Waals surface area contributed by atoms with Crippen molar-refractivity contribution in [2.45, 2.75) is 51.1 Å². The Labute approximate surface area is 120 Å². The van der Waals surface area contributed by atoms with E-state index in [1.807, 2.05) is 0 Å². The summed E-state index contributed by atoms with van der Waals surface area (Å²) in [5.41, 5.74) is 0. The van der Waals surface area contributed by atoms with E-state index >= 15 is 0 Å². The molecule has 2 fully saturated rings. The van der Waals surface area contributed by atoms with E-state index in [0.717, 1.165) is 38.8 Å². The molecule has 2 rings (SSSR count). The predicted molar refractivity (Wildman–Crippen MR) is 76.3 cm³/mol. The van der Waals surface area contributed by atoms with Gasteiger partial charge in [0.1, 0.15) is 0 Å². The van der Waals surface area contributed by atoms with E-state index in [-0.39, 0.29) is 36.8 Å². The van der Waals surface area contributed by atoms with Gasteiger partial charge in [-0.2, -0.15) is 0 Å². The van der Waals surface area contributed by atoms with Crippen LogP contribution in [-0.4, -0.2) is 48.4 Å². The molecule has 0 aromatic heterocycles. The number of hydrogen-bond acceptors (Lipinski definition) is 3. The lowest BCUT2D eigenvalue weighted by atomic mass is 10.00. The molecule has 5 nitrogen and oxygen atoms in total. The van der Waals surface area contributed by atoms with Crippen molar-refractivity contribution in [2.75, 3.05) is 19.6 Å². The number of nitrogens with one attached hydrogen (secondary N) is 2. The van der Waals surface area contributed by atoms with E-state index in [9.17, 15) is 9.59 Å². The highest BCUT2D eigenvalue weighted by molar-refractivity contribution is 5.85. The minimum atomic E-state index is -0.0224. The molecule has 19 heavy (non-hydrogen) atoms. The van der Waals surface area contributed by atoms with Crippen LogP contribution in [0.2, 0.25) is 0 Å². The molecule has 0 aromatic rings. The number of hydrogen-bond donors (Lipinski definition) is 2. The van der Waals surface area contributed by atoms with Crippen LogP contribution in [0.15, 0.2) is 0 Å². The van der Waals surface area contributed by atoms with E-state index in [4.69, 9.17) is 0 Å². The number of halogens is 1. The van der Waals surface area contributed by atoms with Crippen LogP contribution in [-0.2, 0) is 9.59 Å². The monoisotopic (exact) mass is 289 g/mol. The van der Waals surface area contributed by atoms with Crippen LogP contribution in [0, 0.1) is 0 Å². The molecule has 0 spiro atoms. The minimum absolute atomic E-state index is 0. The Morgan fingerprint density at radius 3 is 2.89 bits per heavy atom. The van der Waals surface area contributed by atoms with Gasteiger partial charge in [-0.3, -0.25) is 9.59 Å². The molecule has 0 saturated carbocycles. The Balaban J connectivity index is 0.00000180. The second kappa shape index (κ2) is 7.70. The van der Waals surface area contributed by atoms with Crippen LogP contribution in [0.3, 0.4) is 0 Å². The molecule has 110 valence electrons. The first-order valence-electron chi connectivity index (χ1n) is 6.97. The van der Waals surface area contributed by atoms with Crippen LogP contribution < -0.4 is 10.6 Å². The molecule has 2 saturated heterocycles. The molecule has 2 amide bonds. The van der Waals surface area contributed by atoms with Gasteiger partial charge in [-0.1, -0.05) is 0 Å². The Morgan fingerprint density at radius 1 is 1.42 bits per heavy atom. The van der Waals surface area contributed by atoms with Crippen molar-refractivity contribution < 1.29 is 9.59 Å². The van der Waals surface area contributed by atoms with E-state index in [0.29, 0.717) is 12.5 Å². The van der Waals surface area contributed by atoms with Crippen LogP contribution in [0.25, 0.3) is 0 Å². The Kier molecular flexibility index (Phi) is 6.58. The van der Waals surface area contributed by atoms with Crippen LogP contribution in [0.1, 0.15) is 39.0 Å². The quantitative estimate of drug-likeness (QED) is 0.803. The highest BCUT2D eigenvalue weighted by atomic mass is 35.5.